The molecule has 0 aliphatic rings. The predicted molar refractivity (Wildman–Crippen MR) is 90.7 cm³/mol. The molecule has 5 nitrogen and oxygen atoms in total. The number of ether oxygens (including phenoxy) is 1. The standard InChI is InChI=1S/C18H22N2O3/c1-2-23-16-10-6-9-15(13-16)19-18(22)20-17(11-12-21)14-7-4-3-5-8-14/h3-10,13,17,21H,2,11-12H2,1H3,(H2,19,20,22)/t17-/m1/s1. The summed E-state index contributed by atoms with van der Waals surface area (Å²) >= 11 is 0. The van der Waals surface area contributed by atoms with E-state index in [4.69, 9.17) is 4.74 Å². The fraction of sp³-hybridized carbons (Fsp3) is 0.278. The number of hydrogen-bond donors (Lipinski definition) is 3. The summed E-state index contributed by atoms with van der Waals surface area (Å²) in [5.74, 6) is 0.709. The fourth-order valence-electron chi connectivity index (χ4n) is 2.29. The van der Waals surface area contributed by atoms with Crippen LogP contribution in [0.3, 0.4) is 0 Å². The highest BCUT2D eigenvalue weighted by atomic mass is 16.5. The molecule has 2 aromatic carbocycles. The first kappa shape index (κ1) is 16.8. The number of urea groups is 1. The zero-order valence-corrected chi connectivity index (χ0v) is 13.2. The number of carbonyl (C=O) groups excluding carboxylic acids is 1. The summed E-state index contributed by atoms with van der Waals surface area (Å²) in [6.45, 7) is 2.48. The summed E-state index contributed by atoms with van der Waals surface area (Å²) in [6.07, 6.45) is 0.455. The summed E-state index contributed by atoms with van der Waals surface area (Å²) < 4.78 is 5.41. The molecule has 1 atom stereocenters. The van der Waals surface area contributed by atoms with Gasteiger partial charge in [-0.05, 0) is 31.0 Å². The SMILES string of the molecule is CCOc1cccc(NC(=O)N[C@H](CCO)c2ccccc2)c1. The van der Waals surface area contributed by atoms with E-state index in [0.29, 0.717) is 24.5 Å². The van der Waals surface area contributed by atoms with Crippen LogP contribution in [0.4, 0.5) is 10.5 Å². The first-order valence-corrected chi connectivity index (χ1v) is 7.69. The van der Waals surface area contributed by atoms with Gasteiger partial charge in [0.1, 0.15) is 5.75 Å². The molecule has 3 N–H and O–H groups in total. The number of nitrogens with one attached hydrogen (secondary N) is 2. The van der Waals surface area contributed by atoms with E-state index in [1.165, 1.54) is 0 Å². The smallest absolute Gasteiger partial charge is 0.319 e. The Balaban J connectivity index is 2.00. The van der Waals surface area contributed by atoms with Gasteiger partial charge in [0.15, 0.2) is 0 Å². The van der Waals surface area contributed by atoms with Crippen LogP contribution in [-0.4, -0.2) is 24.4 Å². The molecule has 0 saturated heterocycles. The molecular weight excluding hydrogens is 292 g/mol. The van der Waals surface area contributed by atoms with Gasteiger partial charge < -0.3 is 20.5 Å². The summed E-state index contributed by atoms with van der Waals surface area (Å²) in [5.41, 5.74) is 1.61. The molecule has 0 saturated carbocycles. The Bertz CT molecular complexity index is 617. The highest BCUT2D eigenvalue weighted by Crippen LogP contribution is 2.19. The molecule has 2 rings (SSSR count). The zero-order valence-electron chi connectivity index (χ0n) is 13.2. The number of benzene rings is 2. The van der Waals surface area contributed by atoms with Crippen LogP contribution in [0.15, 0.2) is 54.6 Å². The molecular formula is C18H22N2O3. The number of aliphatic hydroxyl groups is 1. The topological polar surface area (TPSA) is 70.6 Å². The first-order valence-electron chi connectivity index (χ1n) is 7.69. The van der Waals surface area contributed by atoms with Crippen molar-refractivity contribution in [2.45, 2.75) is 19.4 Å². The van der Waals surface area contributed by atoms with Gasteiger partial charge in [0.05, 0.1) is 12.6 Å². The second-order valence-corrected chi connectivity index (χ2v) is 5.03. The van der Waals surface area contributed by atoms with E-state index in [2.05, 4.69) is 10.6 Å². The van der Waals surface area contributed by atoms with Gasteiger partial charge in [-0.2, -0.15) is 0 Å². The molecule has 23 heavy (non-hydrogen) atoms. The van der Waals surface area contributed by atoms with Gasteiger partial charge in [0.25, 0.3) is 0 Å². The number of hydrogen-bond acceptors (Lipinski definition) is 3. The Morgan fingerprint density at radius 1 is 1.17 bits per heavy atom. The third kappa shape index (κ3) is 5.30. The summed E-state index contributed by atoms with van der Waals surface area (Å²) in [4.78, 5) is 12.2. The summed E-state index contributed by atoms with van der Waals surface area (Å²) in [5, 5.41) is 14.9. The normalized spacial score (nSPS) is 11.6. The molecule has 0 bridgehead atoms. The van der Waals surface area contributed by atoms with Crippen molar-refractivity contribution < 1.29 is 14.6 Å². The Morgan fingerprint density at radius 2 is 1.96 bits per heavy atom. The van der Waals surface area contributed by atoms with Gasteiger partial charge in [-0.15, -0.1) is 0 Å². The van der Waals surface area contributed by atoms with Crippen LogP contribution < -0.4 is 15.4 Å². The van der Waals surface area contributed by atoms with Crippen molar-refractivity contribution in [2.75, 3.05) is 18.5 Å². The van der Waals surface area contributed by atoms with Crippen molar-refractivity contribution in [3.63, 3.8) is 0 Å². The Labute approximate surface area is 136 Å². The van der Waals surface area contributed by atoms with Crippen molar-refractivity contribution in [1.82, 2.24) is 5.32 Å². The average Bonchev–Trinajstić information content (AvgIpc) is 2.56. The number of anilines is 1. The van der Waals surface area contributed by atoms with Gasteiger partial charge in [0, 0.05) is 18.4 Å². The van der Waals surface area contributed by atoms with Gasteiger partial charge in [-0.1, -0.05) is 36.4 Å². The molecule has 122 valence electrons. The molecule has 2 amide bonds. The first-order chi connectivity index (χ1) is 11.2. The minimum atomic E-state index is -0.319. The van der Waals surface area contributed by atoms with E-state index >= 15 is 0 Å². The quantitative estimate of drug-likeness (QED) is 0.734. The van der Waals surface area contributed by atoms with Gasteiger partial charge >= 0.3 is 6.03 Å². The van der Waals surface area contributed by atoms with Crippen LogP contribution in [0.25, 0.3) is 0 Å². The highest BCUT2D eigenvalue weighted by molar-refractivity contribution is 5.89. The van der Waals surface area contributed by atoms with Crippen molar-refractivity contribution in [3.8, 4) is 5.75 Å². The molecule has 5 heteroatoms. The van der Waals surface area contributed by atoms with E-state index in [1.807, 2.05) is 49.4 Å². The van der Waals surface area contributed by atoms with Crippen molar-refractivity contribution in [3.05, 3.63) is 60.2 Å². The van der Waals surface area contributed by atoms with Gasteiger partial charge in [-0.25, -0.2) is 4.79 Å². The maximum atomic E-state index is 12.2. The fourth-order valence-corrected chi connectivity index (χ4v) is 2.29. The van der Waals surface area contributed by atoms with Crippen molar-refractivity contribution in [2.24, 2.45) is 0 Å². The monoisotopic (exact) mass is 314 g/mol. The van der Waals surface area contributed by atoms with Crippen LogP contribution in [0, 0.1) is 0 Å². The lowest BCUT2D eigenvalue weighted by atomic mass is 10.0. The van der Waals surface area contributed by atoms with E-state index in [9.17, 15) is 9.90 Å². The molecule has 0 aromatic heterocycles. The van der Waals surface area contributed by atoms with E-state index < -0.39 is 0 Å². The largest absolute Gasteiger partial charge is 0.494 e. The maximum absolute atomic E-state index is 12.2. The minimum absolute atomic E-state index is 0.000331. The lowest BCUT2D eigenvalue weighted by Crippen LogP contribution is -2.33. The zero-order chi connectivity index (χ0) is 16.5. The van der Waals surface area contributed by atoms with Crippen molar-refractivity contribution >= 4 is 11.7 Å². The molecule has 0 unspecified atom stereocenters. The van der Waals surface area contributed by atoms with Crippen LogP contribution in [0.5, 0.6) is 5.75 Å². The minimum Gasteiger partial charge on any atom is -0.494 e. The molecule has 0 aliphatic heterocycles. The second-order valence-electron chi connectivity index (χ2n) is 5.03. The van der Waals surface area contributed by atoms with Crippen LogP contribution >= 0.6 is 0 Å². The molecule has 0 spiro atoms. The molecule has 2 aromatic rings. The molecule has 0 heterocycles. The summed E-state index contributed by atoms with van der Waals surface area (Å²) in [7, 11) is 0. The van der Waals surface area contributed by atoms with Crippen LogP contribution in [0.2, 0.25) is 0 Å². The lowest BCUT2D eigenvalue weighted by molar-refractivity contribution is 0.239. The summed E-state index contributed by atoms with van der Waals surface area (Å²) in [6, 6.07) is 16.3. The number of rotatable bonds is 7. The van der Waals surface area contributed by atoms with E-state index in [1.54, 1.807) is 12.1 Å². The second kappa shape index (κ2) is 8.80. The van der Waals surface area contributed by atoms with Crippen molar-refractivity contribution in [1.29, 1.82) is 0 Å². The van der Waals surface area contributed by atoms with Crippen LogP contribution in [-0.2, 0) is 0 Å². The molecule has 0 fully saturated rings. The Morgan fingerprint density at radius 3 is 2.65 bits per heavy atom. The Kier molecular flexibility index (Phi) is 6.44. The number of amides is 2. The highest BCUT2D eigenvalue weighted by Gasteiger charge is 2.14. The number of aliphatic hydroxyl groups excluding tert-OH is 1. The third-order valence-electron chi connectivity index (χ3n) is 3.33. The predicted octanol–water partition coefficient (Wildman–Crippen LogP) is 3.33. The lowest BCUT2D eigenvalue weighted by Gasteiger charge is -2.19. The number of carbonyl (C=O) groups is 1. The molecule has 0 aliphatic carbocycles. The van der Waals surface area contributed by atoms with Crippen LogP contribution in [0.1, 0.15) is 24.9 Å². The molecule has 0 radical (unpaired) electrons. The van der Waals surface area contributed by atoms with E-state index in [-0.39, 0.29) is 18.7 Å². The average molecular weight is 314 g/mol. The van der Waals surface area contributed by atoms with Gasteiger partial charge in [0.2, 0.25) is 0 Å². The Hall–Kier alpha value is -2.53. The van der Waals surface area contributed by atoms with E-state index in [0.717, 1.165) is 5.56 Å². The van der Waals surface area contributed by atoms with Gasteiger partial charge in [-0.3, -0.25) is 0 Å². The maximum Gasteiger partial charge on any atom is 0.319 e. The third-order valence-corrected chi connectivity index (χ3v) is 3.33.